The smallest absolute Gasteiger partial charge is 0.396 e. The monoisotopic (exact) mass is 390 g/mol. The molecule has 148 valence electrons. The van der Waals surface area contributed by atoms with Crippen LogP contribution >= 0.6 is 0 Å². The molecule has 1 fully saturated rings. The maximum Gasteiger partial charge on any atom is 0.396 e. The van der Waals surface area contributed by atoms with Crippen molar-refractivity contribution in [3.8, 4) is 6.07 Å². The van der Waals surface area contributed by atoms with E-state index >= 15 is 0 Å². The summed E-state index contributed by atoms with van der Waals surface area (Å²) >= 11 is 0. The summed E-state index contributed by atoms with van der Waals surface area (Å²) in [5, 5.41) is 9.00. The van der Waals surface area contributed by atoms with Crippen molar-refractivity contribution in [3.63, 3.8) is 0 Å². The lowest BCUT2D eigenvalue weighted by molar-refractivity contribution is -0.163. The second-order valence-corrected chi connectivity index (χ2v) is 7.04. The molecule has 0 spiro atoms. The van der Waals surface area contributed by atoms with Crippen molar-refractivity contribution in [1.82, 2.24) is 4.98 Å². The van der Waals surface area contributed by atoms with Gasteiger partial charge in [-0.15, -0.1) is 0 Å². The van der Waals surface area contributed by atoms with Crippen LogP contribution in [-0.4, -0.2) is 30.1 Å². The Bertz CT molecular complexity index is 872. The number of rotatable bonds is 2. The van der Waals surface area contributed by atoms with Crippen LogP contribution in [0.3, 0.4) is 0 Å². The van der Waals surface area contributed by atoms with Gasteiger partial charge in [-0.1, -0.05) is 6.58 Å². The van der Waals surface area contributed by atoms with Crippen LogP contribution in [0.25, 0.3) is 0 Å². The van der Waals surface area contributed by atoms with E-state index < -0.39 is 12.1 Å². The van der Waals surface area contributed by atoms with Crippen molar-refractivity contribution in [2.75, 3.05) is 18.0 Å². The van der Waals surface area contributed by atoms with Gasteiger partial charge >= 0.3 is 6.18 Å². The number of piperidine rings is 1. The van der Waals surface area contributed by atoms with Crippen LogP contribution in [0.15, 0.2) is 47.0 Å². The number of alkyl halides is 3. The molecule has 28 heavy (non-hydrogen) atoms. The third kappa shape index (κ3) is 3.96. The van der Waals surface area contributed by atoms with Crippen molar-refractivity contribution in [2.45, 2.75) is 25.4 Å². The Kier molecular flexibility index (Phi) is 5.31. The highest BCUT2D eigenvalue weighted by atomic mass is 19.4. The molecule has 4 N–H and O–H groups in total. The number of aliphatic imine (C=N–C) groups is 1. The van der Waals surface area contributed by atoms with Gasteiger partial charge in [-0.25, -0.2) is 4.99 Å². The molecule has 0 aliphatic carbocycles. The normalized spacial score (nSPS) is 23.2. The number of aromatic nitrogens is 1. The summed E-state index contributed by atoms with van der Waals surface area (Å²) in [6.45, 7) is 4.71. The first-order valence-corrected chi connectivity index (χ1v) is 8.89. The molecule has 1 aromatic heterocycles. The number of anilines is 1. The summed E-state index contributed by atoms with van der Waals surface area (Å²) in [6, 6.07) is 3.79. The van der Waals surface area contributed by atoms with E-state index in [1.807, 2.05) is 11.0 Å². The minimum Gasteiger partial charge on any atom is -0.401 e. The van der Waals surface area contributed by atoms with Gasteiger partial charge in [-0.3, -0.25) is 4.98 Å². The van der Waals surface area contributed by atoms with E-state index in [9.17, 15) is 13.2 Å². The van der Waals surface area contributed by atoms with Crippen molar-refractivity contribution < 1.29 is 13.2 Å². The fourth-order valence-electron chi connectivity index (χ4n) is 3.75. The van der Waals surface area contributed by atoms with E-state index in [1.54, 1.807) is 12.3 Å². The second kappa shape index (κ2) is 7.54. The quantitative estimate of drug-likeness (QED) is 0.808. The lowest BCUT2D eigenvalue weighted by Crippen LogP contribution is -2.40. The average Bonchev–Trinajstić information content (AvgIpc) is 2.66. The Morgan fingerprint density at radius 3 is 2.57 bits per heavy atom. The molecule has 0 amide bonds. The lowest BCUT2D eigenvalue weighted by atomic mass is 9.83. The van der Waals surface area contributed by atoms with Gasteiger partial charge in [0.1, 0.15) is 11.9 Å². The predicted molar refractivity (Wildman–Crippen MR) is 100 cm³/mol. The SMILES string of the molecule is C=C1CC(C(F)(F)F)C(=C(N)C2CCN(c3cncc(C#N)c3)CC2)C(N)=N1. The Balaban J connectivity index is 1.81. The molecule has 9 heteroatoms. The minimum atomic E-state index is -4.46. The van der Waals surface area contributed by atoms with Crippen LogP contribution in [0.2, 0.25) is 0 Å². The molecule has 0 radical (unpaired) electrons. The summed E-state index contributed by atoms with van der Waals surface area (Å²) < 4.78 is 40.6. The summed E-state index contributed by atoms with van der Waals surface area (Å²) in [6.07, 6.45) is -0.496. The fourth-order valence-corrected chi connectivity index (χ4v) is 3.75. The Morgan fingerprint density at radius 2 is 1.96 bits per heavy atom. The molecular weight excluding hydrogens is 369 g/mol. The Morgan fingerprint density at radius 1 is 1.29 bits per heavy atom. The lowest BCUT2D eigenvalue weighted by Gasteiger charge is -2.36. The van der Waals surface area contributed by atoms with Gasteiger partial charge < -0.3 is 16.4 Å². The van der Waals surface area contributed by atoms with Crippen LogP contribution in [0.5, 0.6) is 0 Å². The van der Waals surface area contributed by atoms with Gasteiger partial charge in [0.2, 0.25) is 0 Å². The Labute approximate surface area is 161 Å². The number of amidine groups is 1. The van der Waals surface area contributed by atoms with Crippen LogP contribution in [0.1, 0.15) is 24.8 Å². The molecule has 0 aromatic carbocycles. The van der Waals surface area contributed by atoms with Crippen molar-refractivity contribution in [2.24, 2.45) is 28.3 Å². The molecule has 3 rings (SSSR count). The van der Waals surface area contributed by atoms with Crippen molar-refractivity contribution in [1.29, 1.82) is 5.26 Å². The third-order valence-corrected chi connectivity index (χ3v) is 5.20. The highest BCUT2D eigenvalue weighted by Gasteiger charge is 2.46. The van der Waals surface area contributed by atoms with Crippen molar-refractivity contribution >= 4 is 11.5 Å². The van der Waals surface area contributed by atoms with Gasteiger partial charge in [0.25, 0.3) is 0 Å². The number of allylic oxidation sites excluding steroid dienone is 2. The van der Waals surface area contributed by atoms with Gasteiger partial charge in [0.05, 0.1) is 23.4 Å². The first kappa shape index (κ1) is 19.7. The van der Waals surface area contributed by atoms with E-state index in [2.05, 4.69) is 16.6 Å². The predicted octanol–water partition coefficient (Wildman–Crippen LogP) is 2.84. The molecule has 2 aliphatic rings. The van der Waals surface area contributed by atoms with E-state index in [4.69, 9.17) is 16.7 Å². The standard InChI is InChI=1S/C19H21F3N6/c1-11-6-15(19(20,21)22)16(18(25)27-11)17(24)13-2-4-28(5-3-13)14-7-12(8-23)9-26-10-14/h7,9-10,13,15H,1-6,24H2,(H2,25,27). The van der Waals surface area contributed by atoms with Gasteiger partial charge in [-0.05, 0) is 18.9 Å². The molecule has 0 saturated carbocycles. The maximum absolute atomic E-state index is 13.5. The summed E-state index contributed by atoms with van der Waals surface area (Å²) in [4.78, 5) is 10.0. The largest absolute Gasteiger partial charge is 0.401 e. The third-order valence-electron chi connectivity index (χ3n) is 5.20. The van der Waals surface area contributed by atoms with Crippen molar-refractivity contribution in [3.05, 3.63) is 47.6 Å². The molecule has 1 unspecified atom stereocenters. The number of halogens is 3. The van der Waals surface area contributed by atoms with Crippen LogP contribution in [-0.2, 0) is 0 Å². The number of pyridine rings is 1. The summed E-state index contributed by atoms with van der Waals surface area (Å²) in [5.74, 6) is -2.18. The number of nitrogens with zero attached hydrogens (tertiary/aromatic N) is 4. The number of nitriles is 1. The van der Waals surface area contributed by atoms with Gasteiger partial charge in [0, 0.05) is 48.6 Å². The minimum absolute atomic E-state index is 0.105. The molecule has 6 nitrogen and oxygen atoms in total. The zero-order valence-electron chi connectivity index (χ0n) is 15.2. The summed E-state index contributed by atoms with van der Waals surface area (Å²) in [5.41, 5.74) is 13.4. The highest BCUT2D eigenvalue weighted by molar-refractivity contribution is 5.99. The topological polar surface area (TPSA) is 104 Å². The van der Waals surface area contributed by atoms with Crippen LogP contribution in [0, 0.1) is 23.2 Å². The molecule has 3 heterocycles. The number of hydrogen-bond donors (Lipinski definition) is 2. The second-order valence-electron chi connectivity index (χ2n) is 7.04. The average molecular weight is 390 g/mol. The molecule has 1 saturated heterocycles. The van der Waals surface area contributed by atoms with Crippen LogP contribution in [0.4, 0.5) is 18.9 Å². The van der Waals surface area contributed by atoms with E-state index in [0.717, 1.165) is 5.69 Å². The van der Waals surface area contributed by atoms with Gasteiger partial charge in [-0.2, -0.15) is 18.4 Å². The van der Waals surface area contributed by atoms with E-state index in [1.165, 1.54) is 6.20 Å². The molecule has 2 aliphatic heterocycles. The molecule has 1 atom stereocenters. The number of hydrogen-bond acceptors (Lipinski definition) is 6. The highest BCUT2D eigenvalue weighted by Crippen LogP contribution is 2.41. The fraction of sp³-hybridized carbons (Fsp3) is 0.421. The van der Waals surface area contributed by atoms with E-state index in [0.29, 0.717) is 31.5 Å². The zero-order chi connectivity index (χ0) is 20.5. The first-order valence-electron chi connectivity index (χ1n) is 8.89. The molecule has 1 aromatic rings. The zero-order valence-corrected chi connectivity index (χ0v) is 15.2. The molecule has 0 bridgehead atoms. The first-order chi connectivity index (χ1) is 13.2. The number of nitrogens with two attached hydrogens (primary N) is 2. The van der Waals surface area contributed by atoms with Crippen LogP contribution < -0.4 is 16.4 Å². The van der Waals surface area contributed by atoms with Gasteiger partial charge in [0.15, 0.2) is 0 Å². The summed E-state index contributed by atoms with van der Waals surface area (Å²) in [7, 11) is 0. The maximum atomic E-state index is 13.5. The Hall–Kier alpha value is -3.02. The van der Waals surface area contributed by atoms with E-state index in [-0.39, 0.29) is 35.1 Å². The molecular formula is C19H21F3N6.